The van der Waals surface area contributed by atoms with Gasteiger partial charge in [-0.3, -0.25) is 14.4 Å². The van der Waals surface area contributed by atoms with Gasteiger partial charge in [0.15, 0.2) is 0 Å². The molecule has 4 atom stereocenters. The molecule has 2 saturated heterocycles. The van der Waals surface area contributed by atoms with E-state index >= 15 is 0 Å². The van der Waals surface area contributed by atoms with Gasteiger partial charge in [0.25, 0.3) is 0 Å². The predicted octanol–water partition coefficient (Wildman–Crippen LogP) is 1.87. The van der Waals surface area contributed by atoms with E-state index in [4.69, 9.17) is 9.47 Å². The third kappa shape index (κ3) is 5.06. The van der Waals surface area contributed by atoms with Crippen LogP contribution in [-0.2, 0) is 23.9 Å². The lowest BCUT2D eigenvalue weighted by Gasteiger charge is -2.50. The van der Waals surface area contributed by atoms with Crippen LogP contribution in [0, 0.1) is 23.2 Å². The van der Waals surface area contributed by atoms with Gasteiger partial charge in [-0.15, -0.1) is 0 Å². The van der Waals surface area contributed by atoms with Crippen LogP contribution in [0.4, 0.5) is 0 Å². The number of carbonyl (C=O) groups is 3. The van der Waals surface area contributed by atoms with E-state index in [0.29, 0.717) is 38.6 Å². The lowest BCUT2D eigenvalue weighted by atomic mass is 9.79. The highest BCUT2D eigenvalue weighted by atomic mass is 16.5. The molecule has 0 bridgehead atoms. The summed E-state index contributed by atoms with van der Waals surface area (Å²) in [5.41, 5.74) is -0.542. The number of rotatable bonds is 8. The Morgan fingerprint density at radius 1 is 1.09 bits per heavy atom. The molecule has 1 unspecified atom stereocenters. The molecule has 4 fully saturated rings. The molecule has 2 aliphatic carbocycles. The molecule has 8 nitrogen and oxygen atoms in total. The van der Waals surface area contributed by atoms with Crippen LogP contribution in [0.25, 0.3) is 0 Å². The van der Waals surface area contributed by atoms with Crippen LogP contribution < -0.4 is 10.6 Å². The van der Waals surface area contributed by atoms with Crippen molar-refractivity contribution < 1.29 is 23.9 Å². The van der Waals surface area contributed by atoms with Crippen LogP contribution in [-0.4, -0.2) is 73.7 Å². The van der Waals surface area contributed by atoms with Gasteiger partial charge in [-0.2, -0.15) is 0 Å². The molecule has 2 saturated carbocycles. The highest BCUT2D eigenvalue weighted by molar-refractivity contribution is 5.90. The molecule has 186 valence electrons. The van der Waals surface area contributed by atoms with Crippen molar-refractivity contribution in [2.75, 3.05) is 33.4 Å². The maximum absolute atomic E-state index is 13.3. The fraction of sp³-hybridized carbons (Fsp3) is 0.880. The largest absolute Gasteiger partial charge is 0.376 e. The molecule has 0 aromatic rings. The van der Waals surface area contributed by atoms with Crippen molar-refractivity contribution in [3.63, 3.8) is 0 Å². The zero-order valence-electron chi connectivity index (χ0n) is 20.7. The van der Waals surface area contributed by atoms with Crippen LogP contribution in [0.5, 0.6) is 0 Å². The zero-order valence-corrected chi connectivity index (χ0v) is 20.7. The van der Waals surface area contributed by atoms with Crippen molar-refractivity contribution in [1.29, 1.82) is 0 Å². The smallest absolute Gasteiger partial charge is 0.245 e. The second kappa shape index (κ2) is 9.53. The van der Waals surface area contributed by atoms with E-state index in [1.165, 1.54) is 32.1 Å². The Morgan fingerprint density at radius 2 is 1.76 bits per heavy atom. The summed E-state index contributed by atoms with van der Waals surface area (Å²) in [6, 6.07) is -0.756. The first-order valence-electron chi connectivity index (χ1n) is 12.7. The second-order valence-electron chi connectivity index (χ2n) is 11.3. The first-order chi connectivity index (χ1) is 15.7. The fourth-order valence-corrected chi connectivity index (χ4v) is 5.83. The molecule has 4 aliphatic rings. The normalized spacial score (nSPS) is 29.8. The molecule has 0 aromatic heterocycles. The molecule has 0 radical (unpaired) electrons. The minimum absolute atomic E-state index is 0.0850. The summed E-state index contributed by atoms with van der Waals surface area (Å²) >= 11 is 0. The Balaban J connectivity index is 1.33. The summed E-state index contributed by atoms with van der Waals surface area (Å²) in [5, 5.41) is 5.61. The van der Waals surface area contributed by atoms with Gasteiger partial charge in [-0.25, -0.2) is 0 Å². The van der Waals surface area contributed by atoms with Crippen molar-refractivity contribution in [2.24, 2.45) is 23.2 Å². The van der Waals surface area contributed by atoms with E-state index in [-0.39, 0.29) is 35.0 Å². The first kappa shape index (κ1) is 24.5. The van der Waals surface area contributed by atoms with E-state index < -0.39 is 17.7 Å². The molecule has 2 aliphatic heterocycles. The van der Waals surface area contributed by atoms with Gasteiger partial charge >= 0.3 is 0 Å². The molecule has 2 heterocycles. The third-order valence-electron chi connectivity index (χ3n) is 8.40. The lowest BCUT2D eigenvalue weighted by molar-refractivity contribution is -0.171. The van der Waals surface area contributed by atoms with E-state index in [9.17, 15) is 14.4 Å². The summed E-state index contributed by atoms with van der Waals surface area (Å²) in [5.74, 6) is -0.0198. The van der Waals surface area contributed by atoms with Crippen LogP contribution >= 0.6 is 0 Å². The number of nitrogens with zero attached hydrogens (tertiary/aromatic N) is 1. The van der Waals surface area contributed by atoms with E-state index in [0.717, 1.165) is 6.42 Å². The Bertz CT molecular complexity index is 757. The van der Waals surface area contributed by atoms with Crippen molar-refractivity contribution in [3.8, 4) is 0 Å². The van der Waals surface area contributed by atoms with Gasteiger partial charge in [0.2, 0.25) is 17.7 Å². The van der Waals surface area contributed by atoms with Crippen molar-refractivity contribution in [1.82, 2.24) is 15.5 Å². The quantitative estimate of drug-likeness (QED) is 0.573. The molecule has 2 N–H and O–H groups in total. The summed E-state index contributed by atoms with van der Waals surface area (Å²) in [7, 11) is 1.57. The number of likely N-dealkylation sites (tertiary alicyclic amines) is 1. The highest BCUT2D eigenvalue weighted by Crippen LogP contribution is 2.54. The number of nitrogens with one attached hydrogen (secondary N) is 2. The average molecular weight is 464 g/mol. The van der Waals surface area contributed by atoms with E-state index in [2.05, 4.69) is 24.5 Å². The number of hydrogen-bond donors (Lipinski definition) is 2. The van der Waals surface area contributed by atoms with Gasteiger partial charge in [-0.1, -0.05) is 33.1 Å². The Morgan fingerprint density at radius 3 is 2.36 bits per heavy atom. The molecular weight excluding hydrogens is 422 g/mol. The molecule has 0 aromatic carbocycles. The Labute approximate surface area is 197 Å². The fourth-order valence-electron chi connectivity index (χ4n) is 5.83. The van der Waals surface area contributed by atoms with Gasteiger partial charge in [-0.05, 0) is 43.9 Å². The van der Waals surface area contributed by atoms with Crippen LogP contribution in [0.2, 0.25) is 0 Å². The van der Waals surface area contributed by atoms with Gasteiger partial charge < -0.3 is 25.0 Å². The summed E-state index contributed by atoms with van der Waals surface area (Å²) in [6.45, 7) is 8.10. The van der Waals surface area contributed by atoms with Gasteiger partial charge in [0.1, 0.15) is 11.6 Å². The maximum Gasteiger partial charge on any atom is 0.245 e. The van der Waals surface area contributed by atoms with E-state index in [1.807, 2.05) is 11.8 Å². The average Bonchev–Trinajstić information content (AvgIpc) is 3.20. The first-order valence-corrected chi connectivity index (χ1v) is 12.7. The van der Waals surface area contributed by atoms with Crippen molar-refractivity contribution in [3.05, 3.63) is 0 Å². The van der Waals surface area contributed by atoms with Crippen molar-refractivity contribution >= 4 is 17.7 Å². The van der Waals surface area contributed by atoms with Crippen LogP contribution in [0.15, 0.2) is 0 Å². The minimum atomic E-state index is -0.756. The number of likely N-dealkylation sites (N-methyl/N-ethyl adjacent to an activating group) is 1. The standard InChI is InChI=1S/C25H41N3O5/c1-16(32-13-17-8-6-5-7-9-17)20(22(30)26-4)27-21(29)18-10-11-33-25(18)14-28(15-25)23(31)19-12-24(19,2)3/h16-20H,5-15H2,1-4H3,(H,26,30)(H,27,29)/t16-,18?,19-,20+/m1/s1. The Kier molecular flexibility index (Phi) is 7.06. The van der Waals surface area contributed by atoms with Gasteiger partial charge in [0, 0.05) is 26.2 Å². The monoisotopic (exact) mass is 463 g/mol. The molecule has 3 amide bonds. The molecular formula is C25H41N3O5. The lowest BCUT2D eigenvalue weighted by Crippen LogP contribution is -2.69. The topological polar surface area (TPSA) is 97.0 Å². The van der Waals surface area contributed by atoms with Crippen LogP contribution in [0.1, 0.15) is 65.7 Å². The third-order valence-corrected chi connectivity index (χ3v) is 8.40. The van der Waals surface area contributed by atoms with Crippen LogP contribution in [0.3, 0.4) is 0 Å². The maximum atomic E-state index is 13.3. The van der Waals surface area contributed by atoms with Crippen molar-refractivity contribution in [2.45, 2.75) is 83.5 Å². The summed E-state index contributed by atoms with van der Waals surface area (Å²) < 4.78 is 12.1. The second-order valence-corrected chi connectivity index (χ2v) is 11.3. The SMILES string of the molecule is CNC(=O)[C@@H](NC(=O)C1CCOC12CN(C(=O)[C@H]1CC1(C)C)C2)[C@@H](C)OCC1CCCCC1. The molecule has 33 heavy (non-hydrogen) atoms. The number of ether oxygens (including phenoxy) is 2. The predicted molar refractivity (Wildman–Crippen MR) is 123 cm³/mol. The van der Waals surface area contributed by atoms with Gasteiger partial charge in [0.05, 0.1) is 25.1 Å². The van der Waals surface area contributed by atoms with E-state index in [1.54, 1.807) is 7.05 Å². The molecule has 1 spiro atoms. The summed E-state index contributed by atoms with van der Waals surface area (Å²) in [4.78, 5) is 40.4. The zero-order chi connectivity index (χ0) is 23.8. The number of hydrogen-bond acceptors (Lipinski definition) is 5. The minimum Gasteiger partial charge on any atom is -0.376 e. The molecule has 8 heteroatoms. The molecule has 4 rings (SSSR count). The summed E-state index contributed by atoms with van der Waals surface area (Å²) in [6.07, 6.45) is 7.19. The highest BCUT2D eigenvalue weighted by Gasteiger charge is 2.61. The number of carbonyl (C=O) groups excluding carboxylic acids is 3. The number of amides is 3. The Hall–Kier alpha value is -1.67.